The summed E-state index contributed by atoms with van der Waals surface area (Å²) in [6, 6.07) is 0. The van der Waals surface area contributed by atoms with Gasteiger partial charge in [-0.25, -0.2) is 8.42 Å². The number of hydrazone groups is 2. The van der Waals surface area contributed by atoms with Crippen molar-refractivity contribution in [3.63, 3.8) is 0 Å². The molecule has 1 heterocycles. The molecule has 0 spiro atoms. The van der Waals surface area contributed by atoms with Crippen molar-refractivity contribution >= 4 is 57.0 Å². The van der Waals surface area contributed by atoms with Gasteiger partial charge in [-0.05, 0) is 31.1 Å². The molecule has 0 saturated carbocycles. The van der Waals surface area contributed by atoms with Crippen LogP contribution in [0.25, 0.3) is 0 Å². The predicted octanol–water partition coefficient (Wildman–Crippen LogP) is -0.599. The first-order chi connectivity index (χ1) is 12.7. The van der Waals surface area contributed by atoms with E-state index in [4.69, 9.17) is 30.0 Å². The molecule has 28 heavy (non-hydrogen) atoms. The molecule has 0 aromatic rings. The maximum Gasteiger partial charge on any atom is 2.00 e. The fraction of sp³-hybridized carbons (Fsp3) is 0.714. The summed E-state index contributed by atoms with van der Waals surface area (Å²) in [5, 5.41) is 8.87. The molecule has 163 valence electrons. The summed E-state index contributed by atoms with van der Waals surface area (Å²) in [6.45, 7) is 7.10. The minimum absolute atomic E-state index is 0. The van der Waals surface area contributed by atoms with Crippen LogP contribution in [0, 0.1) is 0 Å². The number of nitrogens with zero attached hydrogens (tertiary/aromatic N) is 5. The normalized spacial score (nSPS) is 20.5. The summed E-state index contributed by atoms with van der Waals surface area (Å²) in [4.78, 5) is 8.04. The molecule has 1 atom stereocenters. The molecule has 1 unspecified atom stereocenters. The first-order valence-corrected chi connectivity index (χ1v) is 11.0. The number of nitrogens with one attached hydrogen (secondary N) is 2. The molecule has 10 nitrogen and oxygen atoms in total. The van der Waals surface area contributed by atoms with Gasteiger partial charge in [-0.15, -0.1) is 0 Å². The summed E-state index contributed by atoms with van der Waals surface area (Å²) in [5.41, 5.74) is 6.17. The number of amidine groups is 2. The molecule has 1 radical (unpaired) electrons. The van der Waals surface area contributed by atoms with E-state index in [1.54, 1.807) is 6.92 Å². The molecule has 0 aliphatic carbocycles. The minimum atomic E-state index is -3.35. The molecular formula is C14H25CuN7O3S3. The van der Waals surface area contributed by atoms with Gasteiger partial charge in [-0.2, -0.15) is 14.5 Å². The first kappa shape index (κ1) is 27.1. The van der Waals surface area contributed by atoms with Crippen molar-refractivity contribution in [2.45, 2.75) is 26.9 Å². The fourth-order valence-electron chi connectivity index (χ4n) is 2.13. The number of hydrogen-bond donors (Lipinski definition) is 2. The molecule has 1 aliphatic rings. The van der Waals surface area contributed by atoms with Crippen molar-refractivity contribution in [3.8, 4) is 0 Å². The third-order valence-electron chi connectivity index (χ3n) is 3.37. The smallest absolute Gasteiger partial charge is 0.741 e. The maximum atomic E-state index is 11.9. The molecule has 0 amide bonds. The van der Waals surface area contributed by atoms with Crippen molar-refractivity contribution in [2.24, 2.45) is 20.2 Å². The largest absolute Gasteiger partial charge is 2.00 e. The fourth-order valence-corrected chi connectivity index (χ4v) is 3.29. The van der Waals surface area contributed by atoms with Gasteiger partial charge in [-0.1, -0.05) is 0 Å². The van der Waals surface area contributed by atoms with Crippen LogP contribution >= 0.6 is 0 Å². The number of morpholine rings is 1. The zero-order valence-electron chi connectivity index (χ0n) is 16.1. The zero-order chi connectivity index (χ0) is 20.4. The standard InChI is InChI=1S/C14H27N7O3S3.Cu/c1-5-15-13(25)19-17-10(3)12(18-20-14(26)16-6-2)11-9-21(7-8-24-11)27(4,22)23;/h11H,5-9H2,1-4H3,(H2,15,19,25)(H2,16,20,26);/q;+2/p-2/b17-10+,18-12-;. The molecule has 14 heteroatoms. The van der Waals surface area contributed by atoms with Gasteiger partial charge in [0.2, 0.25) is 10.0 Å². The van der Waals surface area contributed by atoms with Gasteiger partial charge in [0.1, 0.15) is 11.8 Å². The van der Waals surface area contributed by atoms with Crippen LogP contribution in [-0.4, -0.2) is 79.6 Å². The van der Waals surface area contributed by atoms with Crippen LogP contribution in [0.15, 0.2) is 20.2 Å². The van der Waals surface area contributed by atoms with Crippen LogP contribution in [0.1, 0.15) is 20.8 Å². The average Bonchev–Trinajstić information content (AvgIpc) is 2.60. The molecule has 2 N–H and O–H groups in total. The van der Waals surface area contributed by atoms with Crippen molar-refractivity contribution in [1.82, 2.24) is 15.2 Å². The third-order valence-corrected chi connectivity index (χ3v) is 5.08. The Hall–Kier alpha value is -0.891. The van der Waals surface area contributed by atoms with Crippen molar-refractivity contribution in [2.75, 3.05) is 39.0 Å². The Labute approximate surface area is 188 Å². The van der Waals surface area contributed by atoms with E-state index >= 15 is 0 Å². The van der Waals surface area contributed by atoms with Gasteiger partial charge < -0.3 is 30.0 Å². The number of rotatable bonds is 7. The molecule has 0 aromatic carbocycles. The van der Waals surface area contributed by atoms with E-state index in [-0.39, 0.29) is 47.1 Å². The van der Waals surface area contributed by atoms with Crippen molar-refractivity contribution in [3.05, 3.63) is 0 Å². The quantitative estimate of drug-likeness (QED) is 0.158. The van der Waals surface area contributed by atoms with Gasteiger partial charge >= 0.3 is 17.1 Å². The number of ether oxygens (including phenoxy) is 1. The number of aliphatic imine (C=N–C) groups is 2. The summed E-state index contributed by atoms with van der Waals surface area (Å²) in [5.74, 6) is 0. The van der Waals surface area contributed by atoms with Gasteiger partial charge in [0.15, 0.2) is 0 Å². The van der Waals surface area contributed by atoms with Gasteiger partial charge in [0.25, 0.3) is 0 Å². The van der Waals surface area contributed by atoms with Crippen LogP contribution in [0.3, 0.4) is 0 Å². The first-order valence-electron chi connectivity index (χ1n) is 8.32. The van der Waals surface area contributed by atoms with E-state index in [1.165, 1.54) is 4.31 Å². The van der Waals surface area contributed by atoms with E-state index in [0.29, 0.717) is 24.5 Å². The molecule has 0 bridgehead atoms. The summed E-state index contributed by atoms with van der Waals surface area (Å²) < 4.78 is 30.8. The Morgan fingerprint density at radius 1 is 1.14 bits per heavy atom. The van der Waals surface area contributed by atoms with E-state index in [1.807, 2.05) is 13.8 Å². The van der Waals surface area contributed by atoms with E-state index in [9.17, 15) is 8.42 Å². The van der Waals surface area contributed by atoms with E-state index < -0.39 is 16.1 Å². The third kappa shape index (κ3) is 9.54. The average molecular weight is 499 g/mol. The SMILES string of the molecule is CCN=C([S-])N/N=C(/C(C)=N/NC([S-])=NCC)C1CN(S(C)(=O)=O)CCO1.[Cu+2]. The van der Waals surface area contributed by atoms with E-state index in [2.05, 4.69) is 31.0 Å². The van der Waals surface area contributed by atoms with Crippen LogP contribution in [0.5, 0.6) is 0 Å². The second-order valence-electron chi connectivity index (χ2n) is 5.46. The molecule has 1 rings (SSSR count). The summed E-state index contributed by atoms with van der Waals surface area (Å²) in [7, 11) is -3.35. The molecule has 1 aliphatic heterocycles. The monoisotopic (exact) mass is 498 g/mol. The van der Waals surface area contributed by atoms with Crippen molar-refractivity contribution in [1.29, 1.82) is 0 Å². The Morgan fingerprint density at radius 3 is 2.18 bits per heavy atom. The Kier molecular flexibility index (Phi) is 12.9. The van der Waals surface area contributed by atoms with Crippen LogP contribution in [0.4, 0.5) is 0 Å². The summed E-state index contributed by atoms with van der Waals surface area (Å²) >= 11 is 10.1. The van der Waals surface area contributed by atoms with Crippen LogP contribution < -0.4 is 10.9 Å². The zero-order valence-corrected chi connectivity index (χ0v) is 19.5. The summed E-state index contributed by atoms with van der Waals surface area (Å²) in [6.07, 6.45) is 0.542. The Bertz CT molecular complexity index is 726. The predicted molar refractivity (Wildman–Crippen MR) is 114 cm³/mol. The second kappa shape index (κ2) is 13.4. The van der Waals surface area contributed by atoms with E-state index in [0.717, 1.165) is 6.26 Å². The number of sulfonamides is 1. The molecule has 1 saturated heterocycles. The van der Waals surface area contributed by atoms with Gasteiger partial charge in [0.05, 0.1) is 18.6 Å². The second-order valence-corrected chi connectivity index (χ2v) is 8.21. The minimum Gasteiger partial charge on any atom is -0.741 e. The molecule has 1 fully saturated rings. The van der Waals surface area contributed by atoms with Crippen LogP contribution in [0.2, 0.25) is 0 Å². The molecular weight excluding hydrogens is 474 g/mol. The Morgan fingerprint density at radius 2 is 1.68 bits per heavy atom. The van der Waals surface area contributed by atoms with Gasteiger partial charge in [0, 0.05) is 26.2 Å². The van der Waals surface area contributed by atoms with Gasteiger partial charge in [-0.3, -0.25) is 20.8 Å². The number of hydrogen-bond acceptors (Lipinski definition) is 9. The van der Waals surface area contributed by atoms with Crippen LogP contribution in [-0.2, 0) is 57.1 Å². The molecule has 0 aromatic heterocycles. The topological polar surface area (TPSA) is 120 Å². The van der Waals surface area contributed by atoms with Crippen molar-refractivity contribution < 1.29 is 30.2 Å². The Balaban J connectivity index is 0.00000729. The maximum absolute atomic E-state index is 11.9.